The fourth-order valence-electron chi connectivity index (χ4n) is 1.08. The molecule has 0 fully saturated rings. The number of carbonyl (C=O) groups is 1. The number of carboxylic acids is 1. The molecule has 1 aromatic rings. The second-order valence-electron chi connectivity index (χ2n) is 3.12. The Morgan fingerprint density at radius 1 is 1.60 bits per heavy atom. The zero-order chi connectivity index (χ0) is 11.3. The standard InChI is InChI=1S/C10H14N2O3/c1-12(5-6-15-2)9-4-3-8(7-11-9)10(13)14/h3-4,7H,5-6H2,1-2H3,(H,13,14). The molecule has 0 aliphatic rings. The summed E-state index contributed by atoms with van der Waals surface area (Å²) in [4.78, 5) is 16.5. The topological polar surface area (TPSA) is 62.7 Å². The SMILES string of the molecule is COCCN(C)c1ccc(C(=O)O)cn1. The van der Waals surface area contributed by atoms with Gasteiger partial charge < -0.3 is 14.7 Å². The van der Waals surface area contributed by atoms with E-state index in [1.165, 1.54) is 12.3 Å². The Kier molecular flexibility index (Phi) is 4.05. The van der Waals surface area contributed by atoms with E-state index in [2.05, 4.69) is 4.98 Å². The van der Waals surface area contributed by atoms with Crippen LogP contribution in [0.2, 0.25) is 0 Å². The minimum atomic E-state index is -0.964. The predicted octanol–water partition coefficient (Wildman–Crippen LogP) is 0.862. The van der Waals surface area contributed by atoms with Gasteiger partial charge in [-0.25, -0.2) is 9.78 Å². The number of hydrogen-bond donors (Lipinski definition) is 1. The summed E-state index contributed by atoms with van der Waals surface area (Å²) in [6.07, 6.45) is 1.35. The lowest BCUT2D eigenvalue weighted by atomic mass is 10.3. The van der Waals surface area contributed by atoms with Gasteiger partial charge in [-0.3, -0.25) is 0 Å². The molecule has 0 aromatic carbocycles. The van der Waals surface area contributed by atoms with E-state index < -0.39 is 5.97 Å². The third-order valence-corrected chi connectivity index (χ3v) is 2.02. The van der Waals surface area contributed by atoms with Gasteiger partial charge in [-0.15, -0.1) is 0 Å². The van der Waals surface area contributed by atoms with Gasteiger partial charge in [0.25, 0.3) is 0 Å². The van der Waals surface area contributed by atoms with Crippen molar-refractivity contribution in [3.8, 4) is 0 Å². The lowest BCUT2D eigenvalue weighted by Crippen LogP contribution is -2.23. The van der Waals surface area contributed by atoms with E-state index in [9.17, 15) is 4.79 Å². The van der Waals surface area contributed by atoms with Crippen LogP contribution < -0.4 is 4.90 Å². The van der Waals surface area contributed by atoms with Gasteiger partial charge in [0.1, 0.15) is 5.82 Å². The molecule has 0 aliphatic heterocycles. The lowest BCUT2D eigenvalue weighted by Gasteiger charge is -2.17. The summed E-state index contributed by atoms with van der Waals surface area (Å²) in [7, 11) is 3.51. The van der Waals surface area contributed by atoms with E-state index in [-0.39, 0.29) is 5.56 Å². The van der Waals surface area contributed by atoms with Crippen molar-refractivity contribution in [1.82, 2.24) is 4.98 Å². The maximum atomic E-state index is 10.6. The average Bonchev–Trinajstić information content (AvgIpc) is 2.26. The largest absolute Gasteiger partial charge is 0.478 e. The second kappa shape index (κ2) is 5.31. The summed E-state index contributed by atoms with van der Waals surface area (Å²) in [6, 6.07) is 3.22. The molecule has 0 amide bonds. The minimum absolute atomic E-state index is 0.193. The summed E-state index contributed by atoms with van der Waals surface area (Å²) in [5.41, 5.74) is 0.193. The number of nitrogens with zero attached hydrogens (tertiary/aromatic N) is 2. The van der Waals surface area contributed by atoms with Crippen molar-refractivity contribution in [1.29, 1.82) is 0 Å². The third kappa shape index (κ3) is 3.21. The maximum Gasteiger partial charge on any atom is 0.337 e. The van der Waals surface area contributed by atoms with Gasteiger partial charge in [-0.05, 0) is 12.1 Å². The van der Waals surface area contributed by atoms with Crippen molar-refractivity contribution in [2.75, 3.05) is 32.2 Å². The van der Waals surface area contributed by atoms with Crippen LogP contribution >= 0.6 is 0 Å². The molecule has 0 saturated carbocycles. The van der Waals surface area contributed by atoms with Crippen molar-refractivity contribution in [2.45, 2.75) is 0 Å². The Hall–Kier alpha value is -1.62. The summed E-state index contributed by atoms with van der Waals surface area (Å²) in [5, 5.41) is 8.68. The van der Waals surface area contributed by atoms with Crippen LogP contribution in [0.1, 0.15) is 10.4 Å². The first-order chi connectivity index (χ1) is 7.15. The predicted molar refractivity (Wildman–Crippen MR) is 56.3 cm³/mol. The molecule has 0 atom stereocenters. The number of rotatable bonds is 5. The molecule has 0 saturated heterocycles. The van der Waals surface area contributed by atoms with Crippen molar-refractivity contribution in [2.24, 2.45) is 0 Å². The number of ether oxygens (including phenoxy) is 1. The maximum absolute atomic E-state index is 10.6. The molecule has 0 radical (unpaired) electrons. The Labute approximate surface area is 88.3 Å². The van der Waals surface area contributed by atoms with Crippen LogP contribution in [-0.4, -0.2) is 43.4 Å². The van der Waals surface area contributed by atoms with Gasteiger partial charge in [0.15, 0.2) is 0 Å². The average molecular weight is 210 g/mol. The van der Waals surface area contributed by atoms with Crippen molar-refractivity contribution < 1.29 is 14.6 Å². The van der Waals surface area contributed by atoms with Gasteiger partial charge in [0.05, 0.1) is 12.2 Å². The highest BCUT2D eigenvalue weighted by Crippen LogP contribution is 2.09. The van der Waals surface area contributed by atoms with E-state index in [0.717, 1.165) is 12.4 Å². The third-order valence-electron chi connectivity index (χ3n) is 2.02. The van der Waals surface area contributed by atoms with Crippen LogP contribution in [0.25, 0.3) is 0 Å². The van der Waals surface area contributed by atoms with Gasteiger partial charge in [-0.1, -0.05) is 0 Å². The monoisotopic (exact) mass is 210 g/mol. The number of aromatic carboxylic acids is 1. The van der Waals surface area contributed by atoms with Crippen LogP contribution in [0, 0.1) is 0 Å². The molecule has 82 valence electrons. The molecule has 1 N–H and O–H groups in total. The molecule has 1 aromatic heterocycles. The van der Waals surface area contributed by atoms with E-state index in [1.807, 2.05) is 11.9 Å². The summed E-state index contributed by atoms with van der Waals surface area (Å²) in [5.74, 6) is -0.231. The highest BCUT2D eigenvalue weighted by atomic mass is 16.5. The number of hydrogen-bond acceptors (Lipinski definition) is 4. The molecular formula is C10H14N2O3. The van der Waals surface area contributed by atoms with Crippen LogP contribution in [0.3, 0.4) is 0 Å². The van der Waals surface area contributed by atoms with Gasteiger partial charge >= 0.3 is 5.97 Å². The van der Waals surface area contributed by atoms with Crippen LogP contribution in [0.5, 0.6) is 0 Å². The highest BCUT2D eigenvalue weighted by molar-refractivity contribution is 5.87. The zero-order valence-corrected chi connectivity index (χ0v) is 8.80. The Bertz CT molecular complexity index is 324. The number of aromatic nitrogens is 1. The smallest absolute Gasteiger partial charge is 0.337 e. The molecule has 5 nitrogen and oxygen atoms in total. The highest BCUT2D eigenvalue weighted by Gasteiger charge is 2.05. The van der Waals surface area contributed by atoms with Gasteiger partial charge in [0, 0.05) is 26.9 Å². The van der Waals surface area contributed by atoms with Gasteiger partial charge in [-0.2, -0.15) is 0 Å². The van der Waals surface area contributed by atoms with Crippen molar-refractivity contribution >= 4 is 11.8 Å². The van der Waals surface area contributed by atoms with Crippen molar-refractivity contribution in [3.63, 3.8) is 0 Å². The van der Waals surface area contributed by atoms with Crippen LogP contribution in [-0.2, 0) is 4.74 Å². The first-order valence-corrected chi connectivity index (χ1v) is 4.54. The Morgan fingerprint density at radius 3 is 2.80 bits per heavy atom. The summed E-state index contributed by atoms with van der Waals surface area (Å²) < 4.78 is 4.93. The van der Waals surface area contributed by atoms with E-state index in [1.54, 1.807) is 13.2 Å². The number of methoxy groups -OCH3 is 1. The van der Waals surface area contributed by atoms with E-state index >= 15 is 0 Å². The van der Waals surface area contributed by atoms with E-state index in [4.69, 9.17) is 9.84 Å². The number of likely N-dealkylation sites (N-methyl/N-ethyl adjacent to an activating group) is 1. The zero-order valence-electron chi connectivity index (χ0n) is 8.80. The summed E-state index contributed by atoms with van der Waals surface area (Å²) >= 11 is 0. The fraction of sp³-hybridized carbons (Fsp3) is 0.400. The lowest BCUT2D eigenvalue weighted by molar-refractivity contribution is 0.0696. The van der Waals surface area contributed by atoms with Crippen LogP contribution in [0.4, 0.5) is 5.82 Å². The molecule has 1 heterocycles. The molecule has 0 aliphatic carbocycles. The minimum Gasteiger partial charge on any atom is -0.478 e. The molecular weight excluding hydrogens is 196 g/mol. The Morgan fingerprint density at radius 2 is 2.33 bits per heavy atom. The first kappa shape index (κ1) is 11.5. The normalized spacial score (nSPS) is 10.0. The number of carboxylic acid groups (broad SMARTS) is 1. The molecule has 5 heteroatoms. The second-order valence-corrected chi connectivity index (χ2v) is 3.12. The molecule has 0 bridgehead atoms. The number of pyridine rings is 1. The number of anilines is 1. The van der Waals surface area contributed by atoms with Gasteiger partial charge in [0.2, 0.25) is 0 Å². The van der Waals surface area contributed by atoms with E-state index in [0.29, 0.717) is 6.61 Å². The van der Waals surface area contributed by atoms with Crippen molar-refractivity contribution in [3.05, 3.63) is 23.9 Å². The Balaban J connectivity index is 2.66. The summed E-state index contributed by atoms with van der Waals surface area (Å²) in [6.45, 7) is 1.33. The molecule has 1 rings (SSSR count). The molecule has 15 heavy (non-hydrogen) atoms. The van der Waals surface area contributed by atoms with Crippen LogP contribution in [0.15, 0.2) is 18.3 Å². The molecule has 0 spiro atoms. The fourth-order valence-corrected chi connectivity index (χ4v) is 1.08. The molecule has 0 unspecified atom stereocenters. The quantitative estimate of drug-likeness (QED) is 0.781. The first-order valence-electron chi connectivity index (χ1n) is 4.54.